The van der Waals surface area contributed by atoms with Gasteiger partial charge in [0.05, 0.1) is 11.1 Å². The average molecular weight is 354 g/mol. The summed E-state index contributed by atoms with van der Waals surface area (Å²) in [5, 5.41) is 4.00. The quantitative estimate of drug-likeness (QED) is 0.885. The van der Waals surface area contributed by atoms with Crippen LogP contribution in [0.5, 0.6) is 0 Å². The molecule has 112 valence electrons. The minimum absolute atomic E-state index is 0.179. The summed E-state index contributed by atoms with van der Waals surface area (Å²) >= 11 is 3.23. The van der Waals surface area contributed by atoms with Gasteiger partial charge in [-0.1, -0.05) is 40.9 Å². The highest BCUT2D eigenvalue weighted by atomic mass is 79.9. The molecule has 6 heteroatoms. The lowest BCUT2D eigenvalue weighted by Crippen LogP contribution is -2.42. The number of hydrogen-bond donors (Lipinski definition) is 1. The molecule has 0 amide bonds. The standard InChI is InChI=1S/C15H17BrFN3O/c1-9-3-2-6-15(18,8-9)14-19-13(21-20-14)11-5-4-10(16)7-12(11)17/h4-5,7,9H,2-3,6,8,18H2,1H3. The summed E-state index contributed by atoms with van der Waals surface area (Å²) in [6, 6.07) is 4.73. The van der Waals surface area contributed by atoms with Crippen LogP contribution in [0, 0.1) is 11.7 Å². The lowest BCUT2D eigenvalue weighted by molar-refractivity contribution is 0.222. The largest absolute Gasteiger partial charge is 0.334 e. The second-order valence-electron chi connectivity index (χ2n) is 5.90. The maximum Gasteiger partial charge on any atom is 0.260 e. The van der Waals surface area contributed by atoms with Gasteiger partial charge in [-0.15, -0.1) is 0 Å². The van der Waals surface area contributed by atoms with Crippen LogP contribution in [-0.2, 0) is 5.54 Å². The third-order valence-electron chi connectivity index (χ3n) is 4.07. The van der Waals surface area contributed by atoms with Crippen molar-refractivity contribution in [2.24, 2.45) is 11.7 Å². The Morgan fingerprint density at radius 2 is 2.29 bits per heavy atom. The molecule has 1 heterocycles. The van der Waals surface area contributed by atoms with Crippen molar-refractivity contribution in [2.45, 2.75) is 38.1 Å². The molecule has 1 saturated carbocycles. The predicted octanol–water partition coefficient (Wildman–Crippen LogP) is 4.00. The van der Waals surface area contributed by atoms with Crippen molar-refractivity contribution in [2.75, 3.05) is 0 Å². The van der Waals surface area contributed by atoms with Gasteiger partial charge in [-0.25, -0.2) is 4.39 Å². The number of benzene rings is 1. The smallest absolute Gasteiger partial charge is 0.260 e. The molecule has 1 aliphatic rings. The molecule has 1 aromatic carbocycles. The van der Waals surface area contributed by atoms with E-state index in [1.54, 1.807) is 12.1 Å². The Kier molecular flexibility index (Phi) is 3.84. The topological polar surface area (TPSA) is 64.9 Å². The van der Waals surface area contributed by atoms with E-state index in [2.05, 4.69) is 33.0 Å². The van der Waals surface area contributed by atoms with Crippen molar-refractivity contribution in [1.29, 1.82) is 0 Å². The molecule has 21 heavy (non-hydrogen) atoms. The second-order valence-corrected chi connectivity index (χ2v) is 6.82. The molecule has 0 aliphatic heterocycles. The van der Waals surface area contributed by atoms with Crippen LogP contribution < -0.4 is 5.73 Å². The number of halogens is 2. The summed E-state index contributed by atoms with van der Waals surface area (Å²) in [7, 11) is 0. The molecule has 0 bridgehead atoms. The van der Waals surface area contributed by atoms with Gasteiger partial charge in [-0.3, -0.25) is 0 Å². The minimum atomic E-state index is -0.564. The zero-order valence-electron chi connectivity index (χ0n) is 11.8. The predicted molar refractivity (Wildman–Crippen MR) is 80.9 cm³/mol. The highest BCUT2D eigenvalue weighted by molar-refractivity contribution is 9.10. The van der Waals surface area contributed by atoms with Crippen molar-refractivity contribution in [1.82, 2.24) is 10.1 Å². The highest BCUT2D eigenvalue weighted by Gasteiger charge is 2.37. The fourth-order valence-electron chi connectivity index (χ4n) is 2.99. The van der Waals surface area contributed by atoms with E-state index in [4.69, 9.17) is 10.3 Å². The van der Waals surface area contributed by atoms with E-state index in [1.807, 2.05) is 0 Å². The van der Waals surface area contributed by atoms with E-state index in [0.717, 1.165) is 19.3 Å². The van der Waals surface area contributed by atoms with Gasteiger partial charge in [0.15, 0.2) is 5.82 Å². The zero-order valence-corrected chi connectivity index (χ0v) is 13.4. The number of nitrogens with two attached hydrogens (primary N) is 1. The summed E-state index contributed by atoms with van der Waals surface area (Å²) in [6.45, 7) is 2.18. The lowest BCUT2D eigenvalue weighted by Gasteiger charge is -2.33. The van der Waals surface area contributed by atoms with Crippen LogP contribution in [0.25, 0.3) is 11.5 Å². The van der Waals surface area contributed by atoms with Crippen LogP contribution in [0.4, 0.5) is 4.39 Å². The molecule has 1 fully saturated rings. The van der Waals surface area contributed by atoms with Crippen molar-refractivity contribution in [3.05, 3.63) is 34.3 Å². The molecule has 2 aromatic rings. The van der Waals surface area contributed by atoms with Crippen LogP contribution in [0.3, 0.4) is 0 Å². The fourth-order valence-corrected chi connectivity index (χ4v) is 3.33. The van der Waals surface area contributed by atoms with Gasteiger partial charge in [0, 0.05) is 4.47 Å². The normalized spacial score (nSPS) is 26.0. The number of nitrogens with zero attached hydrogens (tertiary/aromatic N) is 2. The first-order chi connectivity index (χ1) is 9.98. The summed E-state index contributed by atoms with van der Waals surface area (Å²) in [5.74, 6) is 0.794. The van der Waals surface area contributed by atoms with Crippen LogP contribution in [0.15, 0.2) is 27.2 Å². The number of hydrogen-bond acceptors (Lipinski definition) is 4. The molecule has 1 aromatic heterocycles. The SMILES string of the molecule is CC1CCCC(N)(c2noc(-c3ccc(Br)cc3F)n2)C1. The Hall–Kier alpha value is -1.27. The van der Waals surface area contributed by atoms with Gasteiger partial charge in [0.25, 0.3) is 5.89 Å². The third-order valence-corrected chi connectivity index (χ3v) is 4.56. The lowest BCUT2D eigenvalue weighted by atomic mass is 9.76. The summed E-state index contributed by atoms with van der Waals surface area (Å²) in [6.07, 6.45) is 3.88. The molecule has 0 saturated heterocycles. The Balaban J connectivity index is 1.92. The average Bonchev–Trinajstić information content (AvgIpc) is 2.88. The molecular formula is C15H17BrFN3O. The van der Waals surface area contributed by atoms with E-state index in [-0.39, 0.29) is 5.89 Å². The van der Waals surface area contributed by atoms with Gasteiger partial charge in [-0.2, -0.15) is 4.98 Å². The Morgan fingerprint density at radius 3 is 3.00 bits per heavy atom. The molecule has 0 radical (unpaired) electrons. The maximum absolute atomic E-state index is 14.0. The van der Waals surface area contributed by atoms with Gasteiger partial charge >= 0.3 is 0 Å². The third kappa shape index (κ3) is 2.87. The minimum Gasteiger partial charge on any atom is -0.334 e. The first kappa shape index (κ1) is 14.7. The Bertz CT molecular complexity index is 660. The van der Waals surface area contributed by atoms with Gasteiger partial charge < -0.3 is 10.3 Å². The van der Waals surface area contributed by atoms with Crippen LogP contribution in [0.1, 0.15) is 38.4 Å². The van der Waals surface area contributed by atoms with Gasteiger partial charge in [-0.05, 0) is 37.0 Å². The fraction of sp³-hybridized carbons (Fsp3) is 0.467. The van der Waals surface area contributed by atoms with Crippen molar-refractivity contribution in [3.63, 3.8) is 0 Å². The van der Waals surface area contributed by atoms with Crippen LogP contribution in [-0.4, -0.2) is 10.1 Å². The molecule has 2 N–H and O–H groups in total. The second kappa shape index (κ2) is 5.50. The summed E-state index contributed by atoms with van der Waals surface area (Å²) in [5.41, 5.74) is 6.17. The molecule has 2 unspecified atom stereocenters. The Morgan fingerprint density at radius 1 is 1.48 bits per heavy atom. The van der Waals surface area contributed by atoms with Crippen molar-refractivity contribution >= 4 is 15.9 Å². The van der Waals surface area contributed by atoms with E-state index >= 15 is 0 Å². The van der Waals surface area contributed by atoms with E-state index in [1.165, 1.54) is 12.5 Å². The van der Waals surface area contributed by atoms with E-state index in [0.29, 0.717) is 21.8 Å². The van der Waals surface area contributed by atoms with Crippen LogP contribution in [0.2, 0.25) is 0 Å². The molecule has 1 aliphatic carbocycles. The number of aromatic nitrogens is 2. The van der Waals surface area contributed by atoms with Crippen LogP contribution >= 0.6 is 15.9 Å². The first-order valence-corrected chi connectivity index (χ1v) is 7.86. The molecule has 4 nitrogen and oxygen atoms in total. The maximum atomic E-state index is 14.0. The van der Waals surface area contributed by atoms with Crippen molar-refractivity contribution in [3.8, 4) is 11.5 Å². The molecule has 3 rings (SSSR count). The highest BCUT2D eigenvalue weighted by Crippen LogP contribution is 2.37. The van der Waals surface area contributed by atoms with Gasteiger partial charge in [0.1, 0.15) is 5.82 Å². The number of rotatable bonds is 2. The molecule has 0 spiro atoms. The monoisotopic (exact) mass is 353 g/mol. The van der Waals surface area contributed by atoms with Gasteiger partial charge in [0.2, 0.25) is 0 Å². The molecular weight excluding hydrogens is 337 g/mol. The Labute approximate surface area is 131 Å². The molecule has 2 atom stereocenters. The van der Waals surface area contributed by atoms with E-state index < -0.39 is 11.4 Å². The zero-order chi connectivity index (χ0) is 15.0. The van der Waals surface area contributed by atoms with Crippen molar-refractivity contribution < 1.29 is 8.91 Å². The summed E-state index contributed by atoms with van der Waals surface area (Å²) < 4.78 is 19.9. The first-order valence-electron chi connectivity index (χ1n) is 7.06. The summed E-state index contributed by atoms with van der Waals surface area (Å²) in [4.78, 5) is 4.34. The van der Waals surface area contributed by atoms with E-state index in [9.17, 15) is 4.39 Å².